The summed E-state index contributed by atoms with van der Waals surface area (Å²) in [5.41, 5.74) is 0. The maximum atomic E-state index is 12.0. The molecule has 5 heteroatoms. The molecule has 3 rings (SSSR count). The summed E-state index contributed by atoms with van der Waals surface area (Å²) in [4.78, 5) is 14.2. The Morgan fingerprint density at radius 3 is 2.86 bits per heavy atom. The van der Waals surface area contributed by atoms with Gasteiger partial charge in [0, 0.05) is 25.6 Å². The largest absolute Gasteiger partial charge is 0.464 e. The fourth-order valence-corrected chi connectivity index (χ4v) is 2.88. The van der Waals surface area contributed by atoms with Gasteiger partial charge in [-0.25, -0.2) is 0 Å². The molecule has 0 radical (unpaired) electrons. The van der Waals surface area contributed by atoms with Crippen molar-refractivity contribution in [3.8, 4) is 0 Å². The van der Waals surface area contributed by atoms with Crippen LogP contribution in [0.25, 0.3) is 0 Å². The van der Waals surface area contributed by atoms with E-state index in [4.69, 9.17) is 9.15 Å². The topological polar surface area (TPSA) is 54.7 Å². The lowest BCUT2D eigenvalue weighted by atomic mass is 10.3. The minimum Gasteiger partial charge on any atom is -0.464 e. The Balaban J connectivity index is 1.51. The first-order valence-electron chi connectivity index (χ1n) is 8.25. The number of carbonyl (C=O) groups is 1. The van der Waals surface area contributed by atoms with Crippen molar-refractivity contribution >= 4 is 5.91 Å². The van der Waals surface area contributed by atoms with Crippen molar-refractivity contribution in [2.24, 2.45) is 5.92 Å². The summed E-state index contributed by atoms with van der Waals surface area (Å²) in [5, 5.41) is 2.89. The molecule has 5 nitrogen and oxygen atoms in total. The predicted octanol–water partition coefficient (Wildman–Crippen LogP) is 2.13. The van der Waals surface area contributed by atoms with Crippen LogP contribution in [-0.2, 0) is 16.1 Å². The average molecular weight is 306 g/mol. The SMILES string of the molecule is COCCNC(=O)CN(Cc1ccc([C@H]2C[C@@H]2C)o1)C1CC1. The molecule has 2 atom stereocenters. The van der Waals surface area contributed by atoms with Crippen LogP contribution in [0.5, 0.6) is 0 Å². The van der Waals surface area contributed by atoms with E-state index in [0.29, 0.717) is 31.7 Å². The maximum absolute atomic E-state index is 12.0. The normalized spacial score (nSPS) is 23.8. The zero-order valence-corrected chi connectivity index (χ0v) is 13.5. The number of hydrogen-bond acceptors (Lipinski definition) is 4. The molecule has 0 aromatic carbocycles. The summed E-state index contributed by atoms with van der Waals surface area (Å²) in [5.74, 6) is 3.52. The van der Waals surface area contributed by atoms with Gasteiger partial charge in [0.1, 0.15) is 11.5 Å². The predicted molar refractivity (Wildman–Crippen MR) is 83.5 cm³/mol. The van der Waals surface area contributed by atoms with Crippen LogP contribution in [0.2, 0.25) is 0 Å². The zero-order valence-electron chi connectivity index (χ0n) is 13.5. The summed E-state index contributed by atoms with van der Waals surface area (Å²) < 4.78 is 10.9. The molecule has 2 aliphatic rings. The molecule has 122 valence electrons. The third kappa shape index (κ3) is 4.11. The van der Waals surface area contributed by atoms with Crippen molar-refractivity contribution in [3.63, 3.8) is 0 Å². The van der Waals surface area contributed by atoms with E-state index in [9.17, 15) is 4.79 Å². The molecule has 1 heterocycles. The molecule has 2 aliphatic carbocycles. The van der Waals surface area contributed by atoms with Crippen molar-refractivity contribution in [2.75, 3.05) is 26.8 Å². The van der Waals surface area contributed by atoms with Crippen LogP contribution < -0.4 is 5.32 Å². The number of nitrogens with zero attached hydrogens (tertiary/aromatic N) is 1. The highest BCUT2D eigenvalue weighted by molar-refractivity contribution is 5.78. The fourth-order valence-electron chi connectivity index (χ4n) is 2.88. The number of methoxy groups -OCH3 is 1. The number of hydrogen-bond donors (Lipinski definition) is 1. The Morgan fingerprint density at radius 1 is 1.45 bits per heavy atom. The van der Waals surface area contributed by atoms with Crippen LogP contribution in [0.3, 0.4) is 0 Å². The smallest absolute Gasteiger partial charge is 0.234 e. The lowest BCUT2D eigenvalue weighted by Gasteiger charge is -2.20. The minimum atomic E-state index is 0.0616. The molecule has 1 amide bonds. The minimum absolute atomic E-state index is 0.0616. The Kier molecular flexibility index (Phi) is 4.84. The van der Waals surface area contributed by atoms with Crippen molar-refractivity contribution < 1.29 is 13.9 Å². The van der Waals surface area contributed by atoms with Crippen LogP contribution >= 0.6 is 0 Å². The number of ether oxygens (including phenoxy) is 1. The summed E-state index contributed by atoms with van der Waals surface area (Å²) in [6.07, 6.45) is 3.60. The summed E-state index contributed by atoms with van der Waals surface area (Å²) >= 11 is 0. The number of carbonyl (C=O) groups excluding carboxylic acids is 1. The van der Waals surface area contributed by atoms with Crippen molar-refractivity contribution in [2.45, 2.75) is 44.7 Å². The second kappa shape index (κ2) is 6.84. The number of furan rings is 1. The number of rotatable bonds is 9. The van der Waals surface area contributed by atoms with E-state index in [2.05, 4.69) is 29.3 Å². The van der Waals surface area contributed by atoms with E-state index in [1.807, 2.05) is 0 Å². The first kappa shape index (κ1) is 15.6. The third-order valence-electron chi connectivity index (χ3n) is 4.55. The van der Waals surface area contributed by atoms with E-state index >= 15 is 0 Å². The quantitative estimate of drug-likeness (QED) is 0.710. The van der Waals surface area contributed by atoms with E-state index < -0.39 is 0 Å². The monoisotopic (exact) mass is 306 g/mol. The van der Waals surface area contributed by atoms with Crippen molar-refractivity contribution in [1.82, 2.24) is 10.2 Å². The van der Waals surface area contributed by atoms with Crippen LogP contribution in [0, 0.1) is 5.92 Å². The zero-order chi connectivity index (χ0) is 15.5. The molecular weight excluding hydrogens is 280 g/mol. The molecule has 2 saturated carbocycles. The molecule has 0 saturated heterocycles. The molecule has 1 N–H and O–H groups in total. The highest BCUT2D eigenvalue weighted by Gasteiger charge is 2.37. The van der Waals surface area contributed by atoms with Crippen molar-refractivity contribution in [1.29, 1.82) is 0 Å². The Morgan fingerprint density at radius 2 is 2.23 bits per heavy atom. The lowest BCUT2D eigenvalue weighted by molar-refractivity contribution is -0.122. The number of amides is 1. The standard InChI is InChI=1S/C17H26N2O3/c1-12-9-15(12)16-6-5-14(22-16)10-19(13-3-4-13)11-17(20)18-7-8-21-2/h5-6,12-13,15H,3-4,7-11H2,1-2H3,(H,18,20)/t12-,15-/m0/s1. The van der Waals surface area contributed by atoms with Gasteiger partial charge in [0.15, 0.2) is 0 Å². The highest BCUT2D eigenvalue weighted by atomic mass is 16.5. The van der Waals surface area contributed by atoms with E-state index in [1.165, 1.54) is 19.3 Å². The van der Waals surface area contributed by atoms with Gasteiger partial charge in [0.25, 0.3) is 0 Å². The second-order valence-electron chi connectivity index (χ2n) is 6.60. The molecule has 0 aliphatic heterocycles. The summed E-state index contributed by atoms with van der Waals surface area (Å²) in [7, 11) is 1.64. The van der Waals surface area contributed by atoms with E-state index in [0.717, 1.165) is 24.0 Å². The first-order valence-corrected chi connectivity index (χ1v) is 8.25. The van der Waals surface area contributed by atoms with Gasteiger partial charge in [0.05, 0.1) is 19.7 Å². The third-order valence-corrected chi connectivity index (χ3v) is 4.55. The second-order valence-corrected chi connectivity index (χ2v) is 6.60. The van der Waals surface area contributed by atoms with Crippen LogP contribution in [0.15, 0.2) is 16.5 Å². The molecule has 2 fully saturated rings. The Labute approximate surface area is 132 Å². The lowest BCUT2D eigenvalue weighted by Crippen LogP contribution is -2.39. The highest BCUT2D eigenvalue weighted by Crippen LogP contribution is 2.47. The van der Waals surface area contributed by atoms with E-state index in [1.54, 1.807) is 7.11 Å². The van der Waals surface area contributed by atoms with Crippen molar-refractivity contribution in [3.05, 3.63) is 23.7 Å². The van der Waals surface area contributed by atoms with Gasteiger partial charge in [-0.2, -0.15) is 0 Å². The van der Waals surface area contributed by atoms with Gasteiger partial charge < -0.3 is 14.5 Å². The Hall–Kier alpha value is -1.33. The molecule has 0 spiro atoms. The first-order chi connectivity index (χ1) is 10.7. The van der Waals surface area contributed by atoms with Crippen LogP contribution in [0.1, 0.15) is 43.6 Å². The van der Waals surface area contributed by atoms with Gasteiger partial charge in [-0.05, 0) is 37.3 Å². The molecule has 1 aromatic heterocycles. The van der Waals surface area contributed by atoms with Gasteiger partial charge in [-0.3, -0.25) is 9.69 Å². The Bertz CT molecular complexity index is 510. The van der Waals surface area contributed by atoms with Gasteiger partial charge in [-0.15, -0.1) is 0 Å². The summed E-state index contributed by atoms with van der Waals surface area (Å²) in [6, 6.07) is 4.70. The molecule has 0 unspecified atom stereocenters. The van der Waals surface area contributed by atoms with Gasteiger partial charge in [0.2, 0.25) is 5.91 Å². The summed E-state index contributed by atoms with van der Waals surface area (Å²) in [6.45, 7) is 4.54. The molecular formula is C17H26N2O3. The van der Waals surface area contributed by atoms with Crippen LogP contribution in [0.4, 0.5) is 0 Å². The van der Waals surface area contributed by atoms with Gasteiger partial charge >= 0.3 is 0 Å². The maximum Gasteiger partial charge on any atom is 0.234 e. The van der Waals surface area contributed by atoms with Gasteiger partial charge in [-0.1, -0.05) is 6.92 Å². The average Bonchev–Trinajstić information content (AvgIpc) is 3.40. The fraction of sp³-hybridized carbons (Fsp3) is 0.706. The van der Waals surface area contributed by atoms with E-state index in [-0.39, 0.29) is 5.91 Å². The molecule has 1 aromatic rings. The molecule has 0 bridgehead atoms. The van der Waals surface area contributed by atoms with Crippen LogP contribution in [-0.4, -0.2) is 43.7 Å². The molecule has 22 heavy (non-hydrogen) atoms. The number of nitrogens with one attached hydrogen (secondary N) is 1.